The van der Waals surface area contributed by atoms with Crippen LogP contribution in [0.2, 0.25) is 0 Å². The van der Waals surface area contributed by atoms with Crippen LogP contribution in [0.4, 0.5) is 4.39 Å². The van der Waals surface area contributed by atoms with Gasteiger partial charge in [-0.15, -0.1) is 19.1 Å². The third-order valence-electron chi connectivity index (χ3n) is 3.48. The highest BCUT2D eigenvalue weighted by Gasteiger charge is 2.07. The van der Waals surface area contributed by atoms with Crippen molar-refractivity contribution in [3.8, 4) is 12.3 Å². The fourth-order valence-electron chi connectivity index (χ4n) is 2.32. The Balaban J connectivity index is -0.000000389. The molecule has 2 rings (SSSR count). The van der Waals surface area contributed by atoms with Crippen molar-refractivity contribution in [2.24, 2.45) is 5.92 Å². The first-order valence-electron chi connectivity index (χ1n) is 11.5. The van der Waals surface area contributed by atoms with Crippen molar-refractivity contribution in [1.29, 1.82) is 0 Å². The van der Waals surface area contributed by atoms with Crippen LogP contribution in [0.3, 0.4) is 0 Å². The minimum absolute atomic E-state index is 0.600. The number of alkyl halides is 1. The lowest BCUT2D eigenvalue weighted by Crippen LogP contribution is -1.98. The highest BCUT2D eigenvalue weighted by molar-refractivity contribution is 7.80. The lowest BCUT2D eigenvalue weighted by atomic mass is 9.91. The van der Waals surface area contributed by atoms with Gasteiger partial charge in [0.25, 0.3) is 0 Å². The van der Waals surface area contributed by atoms with Gasteiger partial charge in [-0.05, 0) is 68.9 Å². The minimum Gasteiger partial charge on any atom is -0.248 e. The average Bonchev–Trinajstić information content (AvgIpc) is 2.72. The summed E-state index contributed by atoms with van der Waals surface area (Å²) in [6, 6.07) is 16.4. The van der Waals surface area contributed by atoms with Crippen molar-refractivity contribution in [3.05, 3.63) is 65.2 Å². The molecule has 0 aromatic heterocycles. The molecule has 0 fully saturated rings. The van der Waals surface area contributed by atoms with E-state index in [9.17, 15) is 4.39 Å². The number of benzene rings is 2. The monoisotopic (exact) mass is 446 g/mol. The summed E-state index contributed by atoms with van der Waals surface area (Å²) in [4.78, 5) is 1.02. The van der Waals surface area contributed by atoms with E-state index in [1.165, 1.54) is 37.8 Å². The van der Waals surface area contributed by atoms with Crippen LogP contribution in [-0.2, 0) is 0 Å². The first-order valence-corrected chi connectivity index (χ1v) is 12.0. The minimum atomic E-state index is -0.667. The Morgan fingerprint density at radius 1 is 0.935 bits per heavy atom. The van der Waals surface area contributed by atoms with Gasteiger partial charge in [-0.3, -0.25) is 0 Å². The van der Waals surface area contributed by atoms with E-state index in [1.807, 2.05) is 50.2 Å². The summed E-state index contributed by atoms with van der Waals surface area (Å²) >= 11 is 4.13. The molecule has 2 aromatic rings. The molecule has 0 N–H and O–H groups in total. The molecule has 0 aliphatic rings. The van der Waals surface area contributed by atoms with E-state index in [0.717, 1.165) is 16.4 Å². The average molecular weight is 447 g/mol. The molecular formula is C29H47FS. The van der Waals surface area contributed by atoms with Crippen LogP contribution in [0.15, 0.2) is 53.4 Å². The van der Waals surface area contributed by atoms with Gasteiger partial charge in [-0.1, -0.05) is 90.6 Å². The van der Waals surface area contributed by atoms with Gasteiger partial charge in [-0.2, -0.15) is 0 Å². The largest absolute Gasteiger partial charge is 0.248 e. The SMILES string of the molecule is C#Cc1cccc(C(C)CC(C)C)c1.CC.CC(C)F.CCC.Cc1ccc(S)cc1. The Bertz CT molecular complexity index is 642. The first kappa shape index (κ1) is 33.9. The molecule has 0 aliphatic carbocycles. The topological polar surface area (TPSA) is 0 Å². The van der Waals surface area contributed by atoms with Crippen molar-refractivity contribution < 1.29 is 4.39 Å². The Morgan fingerprint density at radius 2 is 1.39 bits per heavy atom. The molecule has 0 saturated heterocycles. The predicted molar refractivity (Wildman–Crippen MR) is 144 cm³/mol. The Kier molecular flexibility index (Phi) is 25.1. The summed E-state index contributed by atoms with van der Waals surface area (Å²) < 4.78 is 11.0. The molecule has 0 saturated carbocycles. The van der Waals surface area contributed by atoms with Gasteiger partial charge in [0.2, 0.25) is 0 Å². The van der Waals surface area contributed by atoms with Crippen LogP contribution in [-0.4, -0.2) is 6.17 Å². The number of aryl methyl sites for hydroxylation is 1. The second-order valence-corrected chi connectivity index (χ2v) is 8.37. The van der Waals surface area contributed by atoms with E-state index in [-0.39, 0.29) is 0 Å². The zero-order chi connectivity index (χ0) is 24.8. The van der Waals surface area contributed by atoms with E-state index in [0.29, 0.717) is 5.92 Å². The quantitative estimate of drug-likeness (QED) is 0.352. The van der Waals surface area contributed by atoms with Crippen molar-refractivity contribution in [3.63, 3.8) is 0 Å². The molecule has 0 nitrogen and oxygen atoms in total. The number of terminal acetylenes is 1. The first-order chi connectivity index (χ1) is 14.6. The van der Waals surface area contributed by atoms with Crippen molar-refractivity contribution >= 4 is 12.6 Å². The van der Waals surface area contributed by atoms with Gasteiger partial charge in [0.15, 0.2) is 0 Å². The Morgan fingerprint density at radius 3 is 1.74 bits per heavy atom. The number of thiol groups is 1. The molecule has 0 aliphatic heterocycles. The fraction of sp³-hybridized carbons (Fsp3) is 0.517. The highest BCUT2D eigenvalue weighted by Crippen LogP contribution is 2.23. The van der Waals surface area contributed by atoms with E-state index in [4.69, 9.17) is 6.42 Å². The van der Waals surface area contributed by atoms with Crippen molar-refractivity contribution in [1.82, 2.24) is 0 Å². The normalized spacial score (nSPS) is 9.97. The summed E-state index contributed by atoms with van der Waals surface area (Å²) in [7, 11) is 0. The molecule has 31 heavy (non-hydrogen) atoms. The predicted octanol–water partition coefficient (Wildman–Crippen LogP) is 9.91. The van der Waals surface area contributed by atoms with Crippen LogP contribution >= 0.6 is 12.6 Å². The highest BCUT2D eigenvalue weighted by atomic mass is 32.1. The maximum absolute atomic E-state index is 11.0. The van der Waals surface area contributed by atoms with Crippen LogP contribution in [0.1, 0.15) is 97.8 Å². The lowest BCUT2D eigenvalue weighted by Gasteiger charge is -2.14. The zero-order valence-corrected chi connectivity index (χ0v) is 22.6. The second-order valence-electron chi connectivity index (χ2n) is 7.86. The van der Waals surface area contributed by atoms with Gasteiger partial charge < -0.3 is 0 Å². The third kappa shape index (κ3) is 24.4. The van der Waals surface area contributed by atoms with E-state index >= 15 is 0 Å². The molecule has 1 unspecified atom stereocenters. The summed E-state index contributed by atoms with van der Waals surface area (Å²) in [6.07, 6.45) is 7.17. The van der Waals surface area contributed by atoms with E-state index in [2.05, 4.69) is 72.2 Å². The number of hydrogen-bond donors (Lipinski definition) is 1. The van der Waals surface area contributed by atoms with Gasteiger partial charge >= 0.3 is 0 Å². The van der Waals surface area contributed by atoms with Gasteiger partial charge in [0, 0.05) is 10.5 Å². The van der Waals surface area contributed by atoms with Crippen molar-refractivity contribution in [2.45, 2.75) is 99.1 Å². The smallest absolute Gasteiger partial charge is 0.0945 e. The van der Waals surface area contributed by atoms with Gasteiger partial charge in [0.1, 0.15) is 0 Å². The molecule has 0 amide bonds. The molecule has 0 bridgehead atoms. The molecule has 0 heterocycles. The van der Waals surface area contributed by atoms with Crippen LogP contribution in [0.25, 0.3) is 0 Å². The molecule has 2 aromatic carbocycles. The standard InChI is InChI=1S/C14H18.C7H8S.C3H7F.C3H8.C2H6/c1-5-13-7-6-8-14(10-13)12(4)9-11(2)3;1-6-2-4-7(8)5-3-6;1-3(2)4;1-3-2;1-2/h1,6-8,10-12H,9H2,2-4H3;2-5,8H,1H3;3H,1-2H3;3H2,1-2H3;1-2H3. The van der Waals surface area contributed by atoms with Crippen LogP contribution < -0.4 is 0 Å². The molecule has 176 valence electrons. The number of rotatable bonds is 3. The molecule has 0 spiro atoms. The van der Waals surface area contributed by atoms with Crippen molar-refractivity contribution in [2.75, 3.05) is 0 Å². The molecule has 2 heteroatoms. The fourth-order valence-corrected chi connectivity index (χ4v) is 2.47. The van der Waals surface area contributed by atoms with Gasteiger partial charge in [0.05, 0.1) is 6.17 Å². The van der Waals surface area contributed by atoms with Gasteiger partial charge in [-0.25, -0.2) is 4.39 Å². The number of hydrogen-bond acceptors (Lipinski definition) is 1. The summed E-state index contributed by atoms with van der Waals surface area (Å²) in [6.45, 7) is 20.1. The Labute approximate surface area is 199 Å². The van der Waals surface area contributed by atoms with Crippen LogP contribution in [0.5, 0.6) is 0 Å². The van der Waals surface area contributed by atoms with E-state index in [1.54, 1.807) is 0 Å². The Hall–Kier alpha value is -1.72. The number of halogens is 1. The third-order valence-corrected chi connectivity index (χ3v) is 3.78. The summed E-state index contributed by atoms with van der Waals surface area (Å²) in [5.74, 6) is 4.01. The molecular weight excluding hydrogens is 399 g/mol. The summed E-state index contributed by atoms with van der Waals surface area (Å²) in [5.41, 5.74) is 3.62. The maximum atomic E-state index is 11.0. The molecule has 0 radical (unpaired) electrons. The maximum Gasteiger partial charge on any atom is 0.0945 e. The summed E-state index contributed by atoms with van der Waals surface area (Å²) in [5, 5.41) is 0. The molecule has 1 atom stereocenters. The lowest BCUT2D eigenvalue weighted by molar-refractivity contribution is 0.391. The zero-order valence-electron chi connectivity index (χ0n) is 21.7. The van der Waals surface area contributed by atoms with Crippen LogP contribution in [0, 0.1) is 25.2 Å². The van der Waals surface area contributed by atoms with E-state index < -0.39 is 6.17 Å². The second kappa shape index (κ2) is 23.0.